The van der Waals surface area contributed by atoms with Gasteiger partial charge in [0.05, 0.1) is 24.9 Å². The van der Waals surface area contributed by atoms with Crippen molar-refractivity contribution >= 4 is 0 Å². The molecular weight excluding hydrogens is 184 g/mol. The SMILES string of the molecule is CCC(O)CC(O)C(O)C(C)(C)CO. The highest BCUT2D eigenvalue weighted by molar-refractivity contribution is 4.83. The third-order valence-corrected chi connectivity index (χ3v) is 2.56. The molecular formula is C10H22O4. The fourth-order valence-corrected chi connectivity index (χ4v) is 1.19. The van der Waals surface area contributed by atoms with Crippen LogP contribution in [0.2, 0.25) is 0 Å². The van der Waals surface area contributed by atoms with Crippen molar-refractivity contribution < 1.29 is 20.4 Å². The van der Waals surface area contributed by atoms with E-state index in [9.17, 15) is 15.3 Å². The normalized spacial score (nSPS) is 19.1. The topological polar surface area (TPSA) is 80.9 Å². The van der Waals surface area contributed by atoms with Gasteiger partial charge in [0.25, 0.3) is 0 Å². The molecule has 0 heterocycles. The largest absolute Gasteiger partial charge is 0.396 e. The van der Waals surface area contributed by atoms with Gasteiger partial charge in [0.1, 0.15) is 0 Å². The summed E-state index contributed by atoms with van der Waals surface area (Å²) < 4.78 is 0. The zero-order valence-electron chi connectivity index (χ0n) is 9.14. The first-order valence-corrected chi connectivity index (χ1v) is 5.00. The number of aliphatic hydroxyl groups is 4. The molecule has 0 aliphatic rings. The second kappa shape index (κ2) is 5.66. The van der Waals surface area contributed by atoms with Crippen molar-refractivity contribution in [3.05, 3.63) is 0 Å². The molecule has 86 valence electrons. The highest BCUT2D eigenvalue weighted by Crippen LogP contribution is 2.24. The molecule has 0 aliphatic carbocycles. The lowest BCUT2D eigenvalue weighted by atomic mass is 9.83. The summed E-state index contributed by atoms with van der Waals surface area (Å²) in [6.45, 7) is 4.94. The fourth-order valence-electron chi connectivity index (χ4n) is 1.19. The molecule has 4 N–H and O–H groups in total. The van der Waals surface area contributed by atoms with E-state index in [-0.39, 0.29) is 13.0 Å². The van der Waals surface area contributed by atoms with E-state index in [0.29, 0.717) is 6.42 Å². The van der Waals surface area contributed by atoms with E-state index in [1.165, 1.54) is 0 Å². The first-order valence-electron chi connectivity index (χ1n) is 5.00. The summed E-state index contributed by atoms with van der Waals surface area (Å²) >= 11 is 0. The molecule has 0 aromatic heterocycles. The van der Waals surface area contributed by atoms with Crippen LogP contribution in [-0.4, -0.2) is 45.3 Å². The molecule has 0 aromatic carbocycles. The maximum atomic E-state index is 9.67. The molecule has 0 radical (unpaired) electrons. The minimum absolute atomic E-state index is 0.140. The molecule has 3 unspecified atom stereocenters. The summed E-state index contributed by atoms with van der Waals surface area (Å²) in [5.74, 6) is 0. The summed E-state index contributed by atoms with van der Waals surface area (Å²) in [4.78, 5) is 0. The van der Waals surface area contributed by atoms with Crippen molar-refractivity contribution in [2.75, 3.05) is 6.61 Å². The lowest BCUT2D eigenvalue weighted by Gasteiger charge is -2.32. The lowest BCUT2D eigenvalue weighted by Crippen LogP contribution is -2.43. The molecule has 0 fully saturated rings. The predicted molar refractivity (Wildman–Crippen MR) is 53.8 cm³/mol. The lowest BCUT2D eigenvalue weighted by molar-refractivity contribution is -0.0844. The standard InChI is InChI=1S/C10H22O4/c1-4-7(12)5-8(13)9(14)10(2,3)6-11/h7-9,11-14H,4-6H2,1-3H3. The molecule has 0 amide bonds. The van der Waals surface area contributed by atoms with Crippen LogP contribution in [0, 0.1) is 5.41 Å². The van der Waals surface area contributed by atoms with Gasteiger partial charge in [-0.15, -0.1) is 0 Å². The van der Waals surface area contributed by atoms with Crippen LogP contribution >= 0.6 is 0 Å². The van der Waals surface area contributed by atoms with Gasteiger partial charge in [-0.25, -0.2) is 0 Å². The Morgan fingerprint density at radius 1 is 1.14 bits per heavy atom. The van der Waals surface area contributed by atoms with Crippen LogP contribution < -0.4 is 0 Å². The van der Waals surface area contributed by atoms with E-state index in [2.05, 4.69) is 0 Å². The van der Waals surface area contributed by atoms with E-state index < -0.39 is 23.7 Å². The molecule has 0 spiro atoms. The van der Waals surface area contributed by atoms with Gasteiger partial charge in [-0.05, 0) is 6.42 Å². The van der Waals surface area contributed by atoms with Crippen LogP contribution in [0.3, 0.4) is 0 Å². The molecule has 3 atom stereocenters. The van der Waals surface area contributed by atoms with Crippen LogP contribution in [0.4, 0.5) is 0 Å². The molecule has 0 bridgehead atoms. The second-order valence-corrected chi connectivity index (χ2v) is 4.46. The van der Waals surface area contributed by atoms with Gasteiger partial charge in [-0.2, -0.15) is 0 Å². The Hall–Kier alpha value is -0.160. The van der Waals surface area contributed by atoms with E-state index in [1.807, 2.05) is 0 Å². The van der Waals surface area contributed by atoms with Crippen molar-refractivity contribution in [2.45, 2.75) is 51.9 Å². The predicted octanol–water partition coefficient (Wildman–Crippen LogP) is -0.112. The summed E-state index contributed by atoms with van der Waals surface area (Å²) in [6, 6.07) is 0. The quantitative estimate of drug-likeness (QED) is 0.489. The molecule has 0 aromatic rings. The number of aliphatic hydroxyl groups excluding tert-OH is 4. The van der Waals surface area contributed by atoms with Gasteiger partial charge in [-0.1, -0.05) is 20.8 Å². The van der Waals surface area contributed by atoms with Crippen molar-refractivity contribution in [3.8, 4) is 0 Å². The minimum Gasteiger partial charge on any atom is -0.396 e. The minimum atomic E-state index is -1.02. The zero-order chi connectivity index (χ0) is 11.4. The molecule has 0 saturated carbocycles. The highest BCUT2D eigenvalue weighted by atomic mass is 16.3. The van der Waals surface area contributed by atoms with Crippen molar-refractivity contribution in [1.29, 1.82) is 0 Å². The van der Waals surface area contributed by atoms with E-state index in [0.717, 1.165) is 0 Å². The van der Waals surface area contributed by atoms with Crippen LogP contribution in [0.25, 0.3) is 0 Å². The Labute approximate surface area is 85.2 Å². The van der Waals surface area contributed by atoms with E-state index in [4.69, 9.17) is 5.11 Å². The van der Waals surface area contributed by atoms with Crippen LogP contribution in [-0.2, 0) is 0 Å². The Balaban J connectivity index is 4.17. The molecule has 0 aliphatic heterocycles. The van der Waals surface area contributed by atoms with Gasteiger partial charge >= 0.3 is 0 Å². The van der Waals surface area contributed by atoms with Crippen LogP contribution in [0.1, 0.15) is 33.6 Å². The third-order valence-electron chi connectivity index (χ3n) is 2.56. The number of hydrogen-bond donors (Lipinski definition) is 4. The molecule has 4 heteroatoms. The molecule has 4 nitrogen and oxygen atoms in total. The number of rotatable bonds is 6. The number of hydrogen-bond acceptors (Lipinski definition) is 4. The van der Waals surface area contributed by atoms with Gasteiger partial charge < -0.3 is 20.4 Å². The average molecular weight is 206 g/mol. The van der Waals surface area contributed by atoms with Crippen LogP contribution in [0.5, 0.6) is 0 Å². The smallest absolute Gasteiger partial charge is 0.0872 e. The van der Waals surface area contributed by atoms with Crippen molar-refractivity contribution in [2.24, 2.45) is 5.41 Å². The third kappa shape index (κ3) is 3.92. The molecule has 0 rings (SSSR count). The summed E-state index contributed by atoms with van der Waals surface area (Å²) in [7, 11) is 0. The van der Waals surface area contributed by atoms with Crippen molar-refractivity contribution in [3.63, 3.8) is 0 Å². The maximum Gasteiger partial charge on any atom is 0.0872 e. The summed E-state index contributed by atoms with van der Waals surface area (Å²) in [5, 5.41) is 37.5. The zero-order valence-corrected chi connectivity index (χ0v) is 9.14. The Morgan fingerprint density at radius 2 is 1.64 bits per heavy atom. The van der Waals surface area contributed by atoms with Crippen molar-refractivity contribution in [1.82, 2.24) is 0 Å². The summed E-state index contributed by atoms with van der Waals surface area (Å²) in [5.41, 5.74) is -0.743. The Kier molecular flexibility index (Phi) is 5.59. The fraction of sp³-hybridized carbons (Fsp3) is 1.00. The summed E-state index contributed by atoms with van der Waals surface area (Å²) in [6.07, 6.45) is -1.93. The Morgan fingerprint density at radius 3 is 2.00 bits per heavy atom. The monoisotopic (exact) mass is 206 g/mol. The van der Waals surface area contributed by atoms with Gasteiger partial charge in [-0.3, -0.25) is 0 Å². The first-order chi connectivity index (χ1) is 6.35. The maximum absolute atomic E-state index is 9.67. The van der Waals surface area contributed by atoms with Gasteiger partial charge in [0.15, 0.2) is 0 Å². The highest BCUT2D eigenvalue weighted by Gasteiger charge is 2.33. The second-order valence-electron chi connectivity index (χ2n) is 4.46. The van der Waals surface area contributed by atoms with E-state index in [1.54, 1.807) is 20.8 Å². The van der Waals surface area contributed by atoms with Gasteiger partial charge in [0, 0.05) is 11.8 Å². The first kappa shape index (κ1) is 13.8. The molecule has 0 saturated heterocycles. The van der Waals surface area contributed by atoms with E-state index >= 15 is 0 Å². The average Bonchev–Trinajstić information content (AvgIpc) is 2.16. The van der Waals surface area contributed by atoms with Crippen LogP contribution in [0.15, 0.2) is 0 Å². The molecule has 14 heavy (non-hydrogen) atoms. The Bertz CT molecular complexity index is 158. The van der Waals surface area contributed by atoms with Gasteiger partial charge in [0.2, 0.25) is 0 Å².